The molecule has 7 heteroatoms. The first-order chi connectivity index (χ1) is 15.0. The Morgan fingerprint density at radius 3 is 2.10 bits per heavy atom. The fourth-order valence-electron chi connectivity index (χ4n) is 3.09. The summed E-state index contributed by atoms with van der Waals surface area (Å²) in [4.78, 5) is 0. The fourth-order valence-corrected chi connectivity index (χ4v) is 4.06. The van der Waals surface area contributed by atoms with Crippen LogP contribution in [0.15, 0.2) is 54.6 Å². The van der Waals surface area contributed by atoms with Crippen LogP contribution in [0.5, 0.6) is 11.5 Å². The van der Waals surface area contributed by atoms with Crippen molar-refractivity contribution >= 4 is 46.4 Å². The lowest BCUT2D eigenvalue weighted by Gasteiger charge is -2.17. The SMILES string of the molecule is CCOc1cccc(CNCCc2ccc(Cl)cc2Cl)c1OCc1ccc(Cl)cc1Cl. The van der Waals surface area contributed by atoms with Crippen LogP contribution < -0.4 is 14.8 Å². The minimum Gasteiger partial charge on any atom is -0.490 e. The second-order valence-corrected chi connectivity index (χ2v) is 8.55. The molecule has 0 atom stereocenters. The molecular formula is C24H23Cl4NO2. The zero-order valence-corrected chi connectivity index (χ0v) is 20.1. The number of nitrogens with one attached hydrogen (secondary N) is 1. The highest BCUT2D eigenvalue weighted by Crippen LogP contribution is 2.33. The molecule has 0 spiro atoms. The Labute approximate surface area is 203 Å². The summed E-state index contributed by atoms with van der Waals surface area (Å²) in [5.74, 6) is 1.40. The number of ether oxygens (including phenoxy) is 2. The van der Waals surface area contributed by atoms with Gasteiger partial charge in [-0.15, -0.1) is 0 Å². The quantitative estimate of drug-likeness (QED) is 0.292. The largest absolute Gasteiger partial charge is 0.490 e. The lowest BCUT2D eigenvalue weighted by atomic mass is 10.1. The molecule has 0 heterocycles. The number of benzene rings is 3. The number of halogens is 4. The number of para-hydroxylation sites is 1. The van der Waals surface area contributed by atoms with Gasteiger partial charge in [-0.3, -0.25) is 0 Å². The van der Waals surface area contributed by atoms with Crippen LogP contribution in [0.2, 0.25) is 20.1 Å². The molecular weight excluding hydrogens is 476 g/mol. The average Bonchev–Trinajstić information content (AvgIpc) is 2.73. The van der Waals surface area contributed by atoms with Crippen LogP contribution in [0, 0.1) is 0 Å². The molecule has 0 aromatic heterocycles. The number of hydrogen-bond donors (Lipinski definition) is 1. The van der Waals surface area contributed by atoms with Crippen LogP contribution in [0.3, 0.4) is 0 Å². The predicted molar refractivity (Wildman–Crippen MR) is 130 cm³/mol. The van der Waals surface area contributed by atoms with E-state index in [2.05, 4.69) is 5.32 Å². The lowest BCUT2D eigenvalue weighted by molar-refractivity contribution is 0.266. The molecule has 31 heavy (non-hydrogen) atoms. The highest BCUT2D eigenvalue weighted by molar-refractivity contribution is 6.35. The fraction of sp³-hybridized carbons (Fsp3) is 0.250. The maximum atomic E-state index is 6.29. The summed E-state index contributed by atoms with van der Waals surface area (Å²) < 4.78 is 11.9. The first-order valence-electron chi connectivity index (χ1n) is 9.94. The van der Waals surface area contributed by atoms with Crippen LogP contribution in [-0.2, 0) is 19.6 Å². The summed E-state index contributed by atoms with van der Waals surface area (Å²) in [5, 5.41) is 5.92. The monoisotopic (exact) mass is 497 g/mol. The summed E-state index contributed by atoms with van der Waals surface area (Å²) in [6.45, 7) is 4.18. The topological polar surface area (TPSA) is 30.5 Å². The minimum absolute atomic E-state index is 0.313. The number of hydrogen-bond acceptors (Lipinski definition) is 3. The summed E-state index contributed by atoms with van der Waals surface area (Å²) in [5.41, 5.74) is 2.90. The highest BCUT2D eigenvalue weighted by Gasteiger charge is 2.13. The maximum absolute atomic E-state index is 6.29. The van der Waals surface area contributed by atoms with E-state index in [4.69, 9.17) is 55.9 Å². The van der Waals surface area contributed by atoms with Gasteiger partial charge in [0.1, 0.15) is 6.61 Å². The van der Waals surface area contributed by atoms with Gasteiger partial charge in [0.25, 0.3) is 0 Å². The second kappa shape index (κ2) is 11.8. The van der Waals surface area contributed by atoms with Crippen LogP contribution in [-0.4, -0.2) is 13.2 Å². The van der Waals surface area contributed by atoms with E-state index in [9.17, 15) is 0 Å². The summed E-state index contributed by atoms with van der Waals surface area (Å²) in [6.07, 6.45) is 0.789. The molecule has 0 saturated heterocycles. The summed E-state index contributed by atoms with van der Waals surface area (Å²) >= 11 is 24.5. The van der Waals surface area contributed by atoms with E-state index in [1.54, 1.807) is 18.2 Å². The van der Waals surface area contributed by atoms with Crippen molar-refractivity contribution in [2.45, 2.75) is 26.5 Å². The normalized spacial score (nSPS) is 10.9. The van der Waals surface area contributed by atoms with Gasteiger partial charge in [-0.2, -0.15) is 0 Å². The van der Waals surface area contributed by atoms with Crippen LogP contribution in [0.4, 0.5) is 0 Å². The van der Waals surface area contributed by atoms with E-state index in [1.807, 2.05) is 43.3 Å². The molecule has 0 saturated carbocycles. The molecule has 0 bridgehead atoms. The van der Waals surface area contributed by atoms with Crippen molar-refractivity contribution in [3.8, 4) is 11.5 Å². The zero-order valence-electron chi connectivity index (χ0n) is 17.1. The molecule has 164 valence electrons. The third kappa shape index (κ3) is 6.93. The predicted octanol–water partition coefficient (Wildman–Crippen LogP) is 7.61. The third-order valence-corrected chi connectivity index (χ3v) is 5.82. The van der Waals surface area contributed by atoms with Crippen molar-refractivity contribution in [1.82, 2.24) is 5.32 Å². The van der Waals surface area contributed by atoms with E-state index in [-0.39, 0.29) is 0 Å². The smallest absolute Gasteiger partial charge is 0.166 e. The molecule has 0 amide bonds. The number of rotatable bonds is 10. The first-order valence-corrected chi connectivity index (χ1v) is 11.4. The second-order valence-electron chi connectivity index (χ2n) is 6.86. The first kappa shape index (κ1) is 24.0. The van der Waals surface area contributed by atoms with Gasteiger partial charge in [-0.25, -0.2) is 0 Å². The van der Waals surface area contributed by atoms with Crippen LogP contribution >= 0.6 is 46.4 Å². The molecule has 0 radical (unpaired) electrons. The van der Waals surface area contributed by atoms with Crippen molar-refractivity contribution in [2.24, 2.45) is 0 Å². The van der Waals surface area contributed by atoms with Gasteiger partial charge >= 0.3 is 0 Å². The molecule has 0 fully saturated rings. The van der Waals surface area contributed by atoms with Crippen LogP contribution in [0.25, 0.3) is 0 Å². The highest BCUT2D eigenvalue weighted by atomic mass is 35.5. The van der Waals surface area contributed by atoms with Gasteiger partial charge in [0.05, 0.1) is 6.61 Å². The van der Waals surface area contributed by atoms with Crippen molar-refractivity contribution in [3.05, 3.63) is 91.4 Å². The Bertz CT molecular complexity index is 1030. The molecule has 3 nitrogen and oxygen atoms in total. The standard InChI is InChI=1S/C24H23Cl4NO2/c1-2-30-23-5-3-4-17(14-29-11-10-16-6-8-19(25)12-21(16)27)24(23)31-15-18-7-9-20(26)13-22(18)28/h3-9,12-13,29H,2,10-11,14-15H2,1H3. The molecule has 3 aromatic rings. The van der Waals surface area contributed by atoms with Gasteiger partial charge < -0.3 is 14.8 Å². The van der Waals surface area contributed by atoms with Crippen molar-refractivity contribution < 1.29 is 9.47 Å². The molecule has 0 unspecified atom stereocenters. The van der Waals surface area contributed by atoms with Gasteiger partial charge in [-0.1, -0.05) is 70.7 Å². The summed E-state index contributed by atoms with van der Waals surface area (Å²) in [6, 6.07) is 16.8. The third-order valence-electron chi connectivity index (χ3n) is 4.65. The molecule has 3 rings (SSSR count). The molecule has 0 aliphatic rings. The Balaban J connectivity index is 1.67. The molecule has 1 N–H and O–H groups in total. The lowest BCUT2D eigenvalue weighted by Crippen LogP contribution is -2.17. The van der Waals surface area contributed by atoms with Gasteiger partial charge in [0.2, 0.25) is 0 Å². The van der Waals surface area contributed by atoms with Gasteiger partial charge in [-0.05, 0) is 55.8 Å². The molecule has 3 aromatic carbocycles. The zero-order chi connectivity index (χ0) is 22.2. The Kier molecular flexibility index (Phi) is 9.18. The van der Waals surface area contributed by atoms with E-state index >= 15 is 0 Å². The van der Waals surface area contributed by atoms with E-state index < -0.39 is 0 Å². The van der Waals surface area contributed by atoms with E-state index in [0.29, 0.717) is 51.3 Å². The average molecular weight is 499 g/mol. The van der Waals surface area contributed by atoms with Gasteiger partial charge in [0, 0.05) is 37.8 Å². The maximum Gasteiger partial charge on any atom is 0.166 e. The minimum atomic E-state index is 0.313. The van der Waals surface area contributed by atoms with Crippen molar-refractivity contribution in [2.75, 3.05) is 13.2 Å². The molecule has 0 aliphatic heterocycles. The van der Waals surface area contributed by atoms with Crippen molar-refractivity contribution in [1.29, 1.82) is 0 Å². The summed E-state index contributed by atoms with van der Waals surface area (Å²) in [7, 11) is 0. The van der Waals surface area contributed by atoms with Gasteiger partial charge in [0.15, 0.2) is 11.5 Å². The Morgan fingerprint density at radius 2 is 1.45 bits per heavy atom. The van der Waals surface area contributed by atoms with Crippen molar-refractivity contribution in [3.63, 3.8) is 0 Å². The Morgan fingerprint density at radius 1 is 0.774 bits per heavy atom. The van der Waals surface area contributed by atoms with E-state index in [0.717, 1.165) is 29.7 Å². The molecule has 0 aliphatic carbocycles. The van der Waals surface area contributed by atoms with Crippen LogP contribution in [0.1, 0.15) is 23.6 Å². The Hall–Kier alpha value is -1.62. The van der Waals surface area contributed by atoms with E-state index in [1.165, 1.54) is 0 Å².